The number of aromatic nitrogens is 2. The third kappa shape index (κ3) is 3.25. The van der Waals surface area contributed by atoms with Gasteiger partial charge in [-0.25, -0.2) is 4.98 Å². The molecule has 6 heteroatoms. The van der Waals surface area contributed by atoms with Crippen LogP contribution in [0.2, 0.25) is 0 Å². The van der Waals surface area contributed by atoms with Crippen LogP contribution in [0.1, 0.15) is 37.3 Å². The van der Waals surface area contributed by atoms with Gasteiger partial charge in [-0.15, -0.1) is 0 Å². The van der Waals surface area contributed by atoms with Crippen molar-refractivity contribution in [2.24, 2.45) is 0 Å². The maximum Gasteiger partial charge on any atom is 0.126 e. The van der Waals surface area contributed by atoms with Gasteiger partial charge in [-0.2, -0.15) is 0 Å². The maximum absolute atomic E-state index is 5.54. The molecule has 0 aliphatic carbocycles. The topological polar surface area (TPSA) is 36.8 Å². The Labute approximate surface area is 145 Å². The summed E-state index contributed by atoms with van der Waals surface area (Å²) < 4.78 is 8.02. The molecule has 3 aliphatic rings. The average molecular weight is 333 g/mol. The molecule has 0 unspecified atom stereocenters. The number of rotatable bonds is 3. The van der Waals surface area contributed by atoms with Crippen LogP contribution in [0.4, 0.5) is 0 Å². The van der Waals surface area contributed by atoms with E-state index in [-0.39, 0.29) is 0 Å². The number of hydrogen-bond acceptors (Lipinski definition) is 5. The highest BCUT2D eigenvalue weighted by Gasteiger charge is 2.32. The Hall–Kier alpha value is -0.950. The maximum atomic E-state index is 5.54. The number of ether oxygens (including phenoxy) is 1. The van der Waals surface area contributed by atoms with E-state index in [4.69, 9.17) is 9.72 Å². The van der Waals surface area contributed by atoms with Gasteiger partial charge in [0, 0.05) is 71.3 Å². The zero-order valence-electron chi connectivity index (χ0n) is 15.2. The van der Waals surface area contributed by atoms with Crippen molar-refractivity contribution in [2.45, 2.75) is 44.9 Å². The van der Waals surface area contributed by atoms with E-state index >= 15 is 0 Å². The van der Waals surface area contributed by atoms with Crippen molar-refractivity contribution in [3.05, 3.63) is 17.7 Å². The van der Waals surface area contributed by atoms with Gasteiger partial charge >= 0.3 is 0 Å². The molecule has 1 aromatic rings. The number of hydrogen-bond donors (Lipinski definition) is 0. The third-order valence-electron chi connectivity index (χ3n) is 6.06. The molecule has 0 aromatic carbocycles. The summed E-state index contributed by atoms with van der Waals surface area (Å²) in [6.07, 6.45) is 4.45. The molecular formula is C18H31N5O. The van der Waals surface area contributed by atoms with Crippen LogP contribution in [-0.4, -0.2) is 83.3 Å². The van der Waals surface area contributed by atoms with Crippen LogP contribution in [0.25, 0.3) is 0 Å². The highest BCUT2D eigenvalue weighted by atomic mass is 16.5. The van der Waals surface area contributed by atoms with Crippen molar-refractivity contribution in [3.63, 3.8) is 0 Å². The van der Waals surface area contributed by atoms with E-state index in [9.17, 15) is 0 Å². The summed E-state index contributed by atoms with van der Waals surface area (Å²) in [6.45, 7) is 12.1. The lowest BCUT2D eigenvalue weighted by molar-refractivity contribution is 0.00850. The van der Waals surface area contributed by atoms with Crippen molar-refractivity contribution in [3.8, 4) is 0 Å². The van der Waals surface area contributed by atoms with Crippen molar-refractivity contribution in [1.82, 2.24) is 24.3 Å². The van der Waals surface area contributed by atoms with E-state index in [0.29, 0.717) is 12.1 Å². The van der Waals surface area contributed by atoms with E-state index in [1.165, 1.54) is 50.5 Å². The SMILES string of the molecule is C[C@H]1c2ncc(CN3CCN(C)CC3)n2CCN1C1CCOCC1. The molecule has 0 radical (unpaired) electrons. The van der Waals surface area contributed by atoms with Crippen molar-refractivity contribution < 1.29 is 4.74 Å². The van der Waals surface area contributed by atoms with E-state index in [1.807, 2.05) is 0 Å². The lowest BCUT2D eigenvalue weighted by Gasteiger charge is -2.41. The minimum absolute atomic E-state index is 0.420. The van der Waals surface area contributed by atoms with Gasteiger partial charge in [-0.1, -0.05) is 0 Å². The van der Waals surface area contributed by atoms with Crippen LogP contribution in [0.15, 0.2) is 6.20 Å². The number of nitrogens with zero attached hydrogens (tertiary/aromatic N) is 5. The second-order valence-electron chi connectivity index (χ2n) is 7.60. The first-order chi connectivity index (χ1) is 11.7. The third-order valence-corrected chi connectivity index (χ3v) is 6.06. The zero-order chi connectivity index (χ0) is 16.5. The fourth-order valence-corrected chi connectivity index (χ4v) is 4.45. The minimum Gasteiger partial charge on any atom is -0.381 e. The van der Waals surface area contributed by atoms with Crippen LogP contribution in [0.5, 0.6) is 0 Å². The molecule has 1 aromatic heterocycles. The Bertz CT molecular complexity index is 546. The van der Waals surface area contributed by atoms with Crippen LogP contribution < -0.4 is 0 Å². The first kappa shape index (κ1) is 16.5. The molecule has 6 nitrogen and oxygen atoms in total. The Morgan fingerprint density at radius 3 is 2.58 bits per heavy atom. The van der Waals surface area contributed by atoms with Gasteiger partial charge < -0.3 is 14.2 Å². The molecule has 134 valence electrons. The van der Waals surface area contributed by atoms with E-state index in [2.05, 4.69) is 39.4 Å². The monoisotopic (exact) mass is 333 g/mol. The zero-order valence-corrected chi connectivity index (χ0v) is 15.2. The van der Waals surface area contributed by atoms with Crippen LogP contribution in [0.3, 0.4) is 0 Å². The summed E-state index contributed by atoms with van der Waals surface area (Å²) in [5.74, 6) is 1.26. The molecule has 0 bridgehead atoms. The minimum atomic E-state index is 0.420. The average Bonchev–Trinajstić information content (AvgIpc) is 3.02. The summed E-state index contributed by atoms with van der Waals surface area (Å²) >= 11 is 0. The highest BCUT2D eigenvalue weighted by molar-refractivity contribution is 5.12. The van der Waals surface area contributed by atoms with Gasteiger partial charge in [0.2, 0.25) is 0 Å². The second-order valence-corrected chi connectivity index (χ2v) is 7.60. The van der Waals surface area contributed by atoms with Gasteiger partial charge in [0.25, 0.3) is 0 Å². The molecule has 3 aliphatic heterocycles. The molecule has 0 saturated carbocycles. The van der Waals surface area contributed by atoms with Gasteiger partial charge in [-0.3, -0.25) is 9.80 Å². The molecule has 2 fully saturated rings. The molecule has 24 heavy (non-hydrogen) atoms. The molecule has 0 spiro atoms. The molecule has 4 rings (SSSR count). The standard InChI is InChI=1S/C18H31N5O/c1-15-18-19-13-17(14-21-7-5-20(2)6-8-21)23(18)10-9-22(15)16-3-11-24-12-4-16/h13,15-16H,3-12,14H2,1-2H3/t15-/m0/s1. The van der Waals surface area contributed by atoms with Crippen molar-refractivity contribution >= 4 is 0 Å². The van der Waals surface area contributed by atoms with Crippen molar-refractivity contribution in [2.75, 3.05) is 53.0 Å². The van der Waals surface area contributed by atoms with Gasteiger partial charge in [0.15, 0.2) is 0 Å². The fraction of sp³-hybridized carbons (Fsp3) is 0.833. The van der Waals surface area contributed by atoms with Crippen LogP contribution in [0, 0.1) is 0 Å². The lowest BCUT2D eigenvalue weighted by Crippen LogP contribution is -2.47. The van der Waals surface area contributed by atoms with Crippen LogP contribution >= 0.6 is 0 Å². The molecule has 4 heterocycles. The summed E-state index contributed by atoms with van der Waals surface area (Å²) in [4.78, 5) is 12.5. The summed E-state index contributed by atoms with van der Waals surface area (Å²) in [6, 6.07) is 1.09. The molecule has 2 saturated heterocycles. The van der Waals surface area contributed by atoms with Crippen molar-refractivity contribution in [1.29, 1.82) is 0 Å². The largest absolute Gasteiger partial charge is 0.381 e. The van der Waals surface area contributed by atoms with Gasteiger partial charge in [-0.05, 0) is 26.8 Å². The normalized spacial score (nSPS) is 28.2. The van der Waals surface area contributed by atoms with E-state index in [0.717, 1.165) is 32.8 Å². The molecular weight excluding hydrogens is 302 g/mol. The van der Waals surface area contributed by atoms with Crippen LogP contribution in [-0.2, 0) is 17.8 Å². The van der Waals surface area contributed by atoms with Gasteiger partial charge in [0.1, 0.15) is 5.82 Å². The van der Waals surface area contributed by atoms with E-state index < -0.39 is 0 Å². The molecule has 1 atom stereocenters. The lowest BCUT2D eigenvalue weighted by atomic mass is 10.0. The predicted molar refractivity (Wildman–Crippen MR) is 94.0 cm³/mol. The quantitative estimate of drug-likeness (QED) is 0.830. The number of imidazole rings is 1. The second kappa shape index (κ2) is 7.12. The van der Waals surface area contributed by atoms with E-state index in [1.54, 1.807) is 0 Å². The Morgan fingerprint density at radius 1 is 1.08 bits per heavy atom. The first-order valence-corrected chi connectivity index (χ1v) is 9.51. The predicted octanol–water partition coefficient (Wildman–Crippen LogP) is 1.19. The summed E-state index contributed by atoms with van der Waals surface area (Å²) in [5, 5.41) is 0. The molecule has 0 amide bonds. The smallest absolute Gasteiger partial charge is 0.126 e. The Balaban J connectivity index is 1.44. The molecule has 0 N–H and O–H groups in total. The highest BCUT2D eigenvalue weighted by Crippen LogP contribution is 2.30. The number of piperazine rings is 1. The number of fused-ring (bicyclic) bond motifs is 1. The van der Waals surface area contributed by atoms with Gasteiger partial charge in [0.05, 0.1) is 11.7 Å². The Morgan fingerprint density at radius 2 is 1.83 bits per heavy atom. The first-order valence-electron chi connectivity index (χ1n) is 9.51. The number of likely N-dealkylation sites (N-methyl/N-ethyl adjacent to an activating group) is 1. The Kier molecular flexibility index (Phi) is 4.90. The fourth-order valence-electron chi connectivity index (χ4n) is 4.45. The summed E-state index contributed by atoms with van der Waals surface area (Å²) in [5.41, 5.74) is 1.40. The summed E-state index contributed by atoms with van der Waals surface area (Å²) in [7, 11) is 2.21.